The molecule has 0 spiro atoms. The first-order chi connectivity index (χ1) is 12.0. The van der Waals surface area contributed by atoms with Crippen LogP contribution >= 0.6 is 0 Å². The number of furan rings is 1. The molecule has 1 fully saturated rings. The standard InChI is InChI=1S/C18H30N4O3/c1-4-19-17(22-13-18(3)8-5-11-25-18)21-10-6-9-20-16(23)15-14(2)7-12-24-15/h7,12H,4-6,8-11,13H2,1-3H3,(H,20,23)(H2,19,21,22). The lowest BCUT2D eigenvalue weighted by atomic mass is 10.0. The second-order valence-electron chi connectivity index (χ2n) is 6.57. The van der Waals surface area contributed by atoms with Gasteiger partial charge in [0.05, 0.1) is 18.4 Å². The molecule has 0 bridgehead atoms. The Morgan fingerprint density at radius 2 is 2.12 bits per heavy atom. The normalized spacial score (nSPS) is 20.5. The van der Waals surface area contributed by atoms with Gasteiger partial charge in [0, 0.05) is 31.8 Å². The molecule has 3 N–H and O–H groups in total. The van der Waals surface area contributed by atoms with Gasteiger partial charge in [-0.1, -0.05) is 0 Å². The molecule has 2 heterocycles. The number of amides is 1. The third-order valence-electron chi connectivity index (χ3n) is 4.22. The molecule has 1 aliphatic rings. The van der Waals surface area contributed by atoms with Crippen LogP contribution in [0.15, 0.2) is 21.7 Å². The molecule has 0 aliphatic carbocycles. The largest absolute Gasteiger partial charge is 0.459 e. The molecular formula is C18H30N4O3. The van der Waals surface area contributed by atoms with E-state index in [1.165, 1.54) is 6.26 Å². The van der Waals surface area contributed by atoms with Crippen molar-refractivity contribution in [2.75, 3.05) is 32.8 Å². The first kappa shape index (κ1) is 19.3. The summed E-state index contributed by atoms with van der Waals surface area (Å²) < 4.78 is 10.9. The van der Waals surface area contributed by atoms with Crippen LogP contribution in [-0.2, 0) is 4.74 Å². The first-order valence-corrected chi connectivity index (χ1v) is 9.02. The van der Waals surface area contributed by atoms with Crippen LogP contribution in [0.1, 0.15) is 49.2 Å². The van der Waals surface area contributed by atoms with E-state index in [1.54, 1.807) is 6.07 Å². The summed E-state index contributed by atoms with van der Waals surface area (Å²) >= 11 is 0. The number of aryl methyl sites for hydroxylation is 1. The fraction of sp³-hybridized carbons (Fsp3) is 0.667. The maximum atomic E-state index is 11.9. The zero-order valence-corrected chi connectivity index (χ0v) is 15.5. The lowest BCUT2D eigenvalue weighted by Crippen LogP contribution is -2.40. The number of carbonyl (C=O) groups excluding carboxylic acids is 1. The van der Waals surface area contributed by atoms with Crippen molar-refractivity contribution in [3.05, 3.63) is 23.7 Å². The van der Waals surface area contributed by atoms with Gasteiger partial charge in [-0.3, -0.25) is 9.79 Å². The summed E-state index contributed by atoms with van der Waals surface area (Å²) in [5.41, 5.74) is 0.705. The van der Waals surface area contributed by atoms with Gasteiger partial charge in [0.25, 0.3) is 5.91 Å². The smallest absolute Gasteiger partial charge is 0.287 e. The Kier molecular flexibility index (Phi) is 7.31. The van der Waals surface area contributed by atoms with E-state index in [-0.39, 0.29) is 11.5 Å². The number of ether oxygens (including phenoxy) is 1. The van der Waals surface area contributed by atoms with Crippen LogP contribution in [-0.4, -0.2) is 50.3 Å². The molecule has 7 heteroatoms. The van der Waals surface area contributed by atoms with E-state index in [1.807, 2.05) is 13.8 Å². The van der Waals surface area contributed by atoms with Crippen molar-refractivity contribution in [1.29, 1.82) is 0 Å². The fourth-order valence-electron chi connectivity index (χ4n) is 2.73. The second-order valence-corrected chi connectivity index (χ2v) is 6.57. The van der Waals surface area contributed by atoms with Crippen molar-refractivity contribution >= 4 is 11.9 Å². The number of aliphatic imine (C=N–C) groups is 1. The van der Waals surface area contributed by atoms with Gasteiger partial charge in [-0.2, -0.15) is 0 Å². The summed E-state index contributed by atoms with van der Waals surface area (Å²) in [6, 6.07) is 1.78. The Labute approximate surface area is 149 Å². The molecule has 1 atom stereocenters. The Bertz CT molecular complexity index is 577. The summed E-state index contributed by atoms with van der Waals surface area (Å²) in [4.78, 5) is 16.6. The Morgan fingerprint density at radius 3 is 2.76 bits per heavy atom. The highest BCUT2D eigenvalue weighted by Gasteiger charge is 2.29. The summed E-state index contributed by atoms with van der Waals surface area (Å²) in [7, 11) is 0. The van der Waals surface area contributed by atoms with Gasteiger partial charge in [0.15, 0.2) is 11.7 Å². The van der Waals surface area contributed by atoms with Gasteiger partial charge >= 0.3 is 0 Å². The number of carbonyl (C=O) groups is 1. The van der Waals surface area contributed by atoms with Crippen LogP contribution in [0, 0.1) is 6.92 Å². The summed E-state index contributed by atoms with van der Waals surface area (Å²) in [5, 5.41) is 9.39. The van der Waals surface area contributed by atoms with Crippen molar-refractivity contribution in [2.45, 2.75) is 45.6 Å². The zero-order chi connectivity index (χ0) is 18.1. The second kappa shape index (κ2) is 9.46. The maximum absolute atomic E-state index is 11.9. The third-order valence-corrected chi connectivity index (χ3v) is 4.22. The van der Waals surface area contributed by atoms with Gasteiger partial charge in [-0.25, -0.2) is 0 Å². The minimum atomic E-state index is -0.172. The van der Waals surface area contributed by atoms with E-state index in [2.05, 4.69) is 27.9 Å². The van der Waals surface area contributed by atoms with Crippen LogP contribution in [0.25, 0.3) is 0 Å². The molecule has 1 aromatic heterocycles. The highest BCUT2D eigenvalue weighted by Crippen LogP contribution is 2.24. The maximum Gasteiger partial charge on any atom is 0.287 e. The number of nitrogens with one attached hydrogen (secondary N) is 3. The molecule has 1 aliphatic heterocycles. The Morgan fingerprint density at radius 1 is 1.32 bits per heavy atom. The molecule has 25 heavy (non-hydrogen) atoms. The van der Waals surface area contributed by atoms with Gasteiger partial charge in [-0.15, -0.1) is 0 Å². The number of rotatable bonds is 8. The van der Waals surface area contributed by atoms with Crippen LogP contribution in [0.5, 0.6) is 0 Å². The van der Waals surface area contributed by atoms with Gasteiger partial charge in [0.1, 0.15) is 0 Å². The molecule has 0 radical (unpaired) electrons. The van der Waals surface area contributed by atoms with E-state index in [9.17, 15) is 4.79 Å². The first-order valence-electron chi connectivity index (χ1n) is 9.02. The number of hydrogen-bond donors (Lipinski definition) is 3. The topological polar surface area (TPSA) is 87.9 Å². The summed E-state index contributed by atoms with van der Waals surface area (Å²) in [5.74, 6) is 0.995. The van der Waals surface area contributed by atoms with Gasteiger partial charge in [-0.05, 0) is 46.1 Å². The molecule has 1 unspecified atom stereocenters. The van der Waals surface area contributed by atoms with Crippen LogP contribution in [0.2, 0.25) is 0 Å². The predicted molar refractivity (Wildman–Crippen MR) is 98.0 cm³/mol. The van der Waals surface area contributed by atoms with E-state index in [4.69, 9.17) is 9.15 Å². The minimum absolute atomic E-state index is 0.142. The lowest BCUT2D eigenvalue weighted by molar-refractivity contribution is 0.0283. The van der Waals surface area contributed by atoms with Crippen molar-refractivity contribution in [3.8, 4) is 0 Å². The summed E-state index contributed by atoms with van der Waals surface area (Å²) in [6.45, 7) is 9.58. The van der Waals surface area contributed by atoms with Crippen molar-refractivity contribution in [3.63, 3.8) is 0 Å². The minimum Gasteiger partial charge on any atom is -0.459 e. The molecule has 1 saturated heterocycles. The van der Waals surface area contributed by atoms with Gasteiger partial charge < -0.3 is 25.1 Å². The SMILES string of the molecule is CCNC(=NCC1(C)CCCO1)NCCCNC(=O)c1occc1C. The molecule has 140 valence electrons. The highest BCUT2D eigenvalue weighted by molar-refractivity contribution is 5.92. The predicted octanol–water partition coefficient (Wildman–Crippen LogP) is 1.83. The van der Waals surface area contributed by atoms with Crippen molar-refractivity contribution in [2.24, 2.45) is 4.99 Å². The zero-order valence-electron chi connectivity index (χ0n) is 15.5. The van der Waals surface area contributed by atoms with Crippen LogP contribution < -0.4 is 16.0 Å². The molecule has 1 amide bonds. The Hall–Kier alpha value is -2.02. The van der Waals surface area contributed by atoms with Crippen molar-refractivity contribution < 1.29 is 13.9 Å². The highest BCUT2D eigenvalue weighted by atomic mass is 16.5. The molecular weight excluding hydrogens is 320 g/mol. The van der Waals surface area contributed by atoms with E-state index >= 15 is 0 Å². The van der Waals surface area contributed by atoms with E-state index in [0.717, 1.165) is 50.5 Å². The average Bonchev–Trinajstić information content (AvgIpc) is 3.21. The quantitative estimate of drug-likeness (QED) is 0.378. The Balaban J connectivity index is 1.68. The van der Waals surface area contributed by atoms with Crippen molar-refractivity contribution in [1.82, 2.24) is 16.0 Å². The fourth-order valence-corrected chi connectivity index (χ4v) is 2.73. The third kappa shape index (κ3) is 6.08. The van der Waals surface area contributed by atoms with E-state index in [0.29, 0.717) is 18.8 Å². The monoisotopic (exact) mass is 350 g/mol. The number of nitrogens with zero attached hydrogens (tertiary/aromatic N) is 1. The van der Waals surface area contributed by atoms with Crippen LogP contribution in [0.4, 0.5) is 0 Å². The molecule has 0 saturated carbocycles. The molecule has 2 rings (SSSR count). The van der Waals surface area contributed by atoms with Gasteiger partial charge in [0.2, 0.25) is 0 Å². The molecule has 1 aromatic rings. The lowest BCUT2D eigenvalue weighted by Gasteiger charge is -2.21. The number of hydrogen-bond acceptors (Lipinski definition) is 4. The average molecular weight is 350 g/mol. The van der Waals surface area contributed by atoms with Crippen LogP contribution in [0.3, 0.4) is 0 Å². The summed E-state index contributed by atoms with van der Waals surface area (Å²) in [6.07, 6.45) is 4.47. The molecule has 7 nitrogen and oxygen atoms in total. The van der Waals surface area contributed by atoms with E-state index < -0.39 is 0 Å². The number of guanidine groups is 1. The molecule has 0 aromatic carbocycles.